The van der Waals surface area contributed by atoms with Gasteiger partial charge in [0, 0.05) is 6.54 Å². The first-order chi connectivity index (χ1) is 13.7. The fourth-order valence-corrected chi connectivity index (χ4v) is 4.47. The monoisotopic (exact) mass is 418 g/mol. The van der Waals surface area contributed by atoms with E-state index in [2.05, 4.69) is 5.32 Å². The smallest absolute Gasteiger partial charge is 0.244 e. The second-order valence-electron chi connectivity index (χ2n) is 7.07. The number of rotatable bonds is 9. The summed E-state index contributed by atoms with van der Waals surface area (Å²) < 4.78 is 32.0. The minimum absolute atomic E-state index is 0.292. The molecule has 29 heavy (non-hydrogen) atoms. The number of nitrogens with one attached hydrogen (secondary N) is 1. The molecule has 0 spiro atoms. The van der Waals surface area contributed by atoms with Crippen LogP contribution in [0.15, 0.2) is 42.5 Å². The summed E-state index contributed by atoms with van der Waals surface area (Å²) in [6.45, 7) is 8.32. The Bertz CT molecular complexity index is 957. The number of carbonyl (C=O) groups excluding carboxylic acids is 1. The van der Waals surface area contributed by atoms with Crippen molar-refractivity contribution >= 4 is 21.6 Å². The number of nitrogens with zero attached hydrogens (tertiary/aromatic N) is 1. The molecule has 0 saturated carbocycles. The Morgan fingerprint density at radius 3 is 2.48 bits per heavy atom. The predicted octanol–water partition coefficient (Wildman–Crippen LogP) is 3.56. The molecule has 2 aromatic rings. The summed E-state index contributed by atoms with van der Waals surface area (Å²) in [7, 11) is -3.66. The molecular weight excluding hydrogens is 388 g/mol. The zero-order valence-electron chi connectivity index (χ0n) is 17.7. The van der Waals surface area contributed by atoms with Crippen LogP contribution in [-0.4, -0.2) is 33.2 Å². The molecule has 1 amide bonds. The van der Waals surface area contributed by atoms with Crippen LogP contribution in [0.5, 0.6) is 5.75 Å². The third-order valence-electron chi connectivity index (χ3n) is 4.61. The van der Waals surface area contributed by atoms with Gasteiger partial charge in [-0.1, -0.05) is 31.2 Å². The number of aryl methyl sites for hydroxylation is 2. The van der Waals surface area contributed by atoms with Gasteiger partial charge in [0.15, 0.2) is 0 Å². The van der Waals surface area contributed by atoms with Crippen molar-refractivity contribution in [2.45, 2.75) is 46.7 Å². The Hall–Kier alpha value is -2.54. The van der Waals surface area contributed by atoms with Crippen LogP contribution in [0.3, 0.4) is 0 Å². The maximum absolute atomic E-state index is 13.0. The predicted molar refractivity (Wildman–Crippen MR) is 117 cm³/mol. The number of benzene rings is 2. The van der Waals surface area contributed by atoms with Gasteiger partial charge >= 0.3 is 0 Å². The molecule has 0 aliphatic heterocycles. The molecular formula is C22H30N2O4S. The van der Waals surface area contributed by atoms with Crippen molar-refractivity contribution in [1.82, 2.24) is 5.32 Å². The first-order valence-corrected chi connectivity index (χ1v) is 11.6. The summed E-state index contributed by atoms with van der Waals surface area (Å²) in [6, 6.07) is 12.2. The van der Waals surface area contributed by atoms with Crippen LogP contribution in [0, 0.1) is 13.8 Å². The van der Waals surface area contributed by atoms with Crippen molar-refractivity contribution in [1.29, 1.82) is 0 Å². The molecule has 0 heterocycles. The van der Waals surface area contributed by atoms with Gasteiger partial charge in [-0.05, 0) is 62.1 Å². The average molecular weight is 419 g/mol. The van der Waals surface area contributed by atoms with Crippen molar-refractivity contribution in [3.05, 3.63) is 59.2 Å². The fraction of sp³-hybridized carbons (Fsp3) is 0.409. The van der Waals surface area contributed by atoms with Gasteiger partial charge in [0.25, 0.3) is 0 Å². The summed E-state index contributed by atoms with van der Waals surface area (Å²) in [5, 5.41) is 2.88. The van der Waals surface area contributed by atoms with E-state index in [9.17, 15) is 13.2 Å². The maximum atomic E-state index is 13.0. The Labute approximate surface area is 173 Å². The third kappa shape index (κ3) is 5.97. The Morgan fingerprint density at radius 1 is 1.14 bits per heavy atom. The summed E-state index contributed by atoms with van der Waals surface area (Å²) in [4.78, 5) is 13.0. The third-order valence-corrected chi connectivity index (χ3v) is 5.77. The van der Waals surface area contributed by atoms with Gasteiger partial charge < -0.3 is 10.1 Å². The van der Waals surface area contributed by atoms with E-state index >= 15 is 0 Å². The van der Waals surface area contributed by atoms with Gasteiger partial charge in [-0.25, -0.2) is 8.42 Å². The number of carbonyl (C=O) groups is 1. The highest BCUT2D eigenvalue weighted by Crippen LogP contribution is 2.27. The largest absolute Gasteiger partial charge is 0.494 e. The molecule has 1 N–H and O–H groups in total. The lowest BCUT2D eigenvalue weighted by Crippen LogP contribution is -2.49. The van der Waals surface area contributed by atoms with Crippen LogP contribution in [0.1, 0.15) is 37.0 Å². The van der Waals surface area contributed by atoms with E-state index in [0.717, 1.165) is 28.7 Å². The maximum Gasteiger partial charge on any atom is 0.244 e. The van der Waals surface area contributed by atoms with E-state index in [-0.39, 0.29) is 5.91 Å². The SMILES string of the molecule is CCOc1cccc(CNC(=O)[C@@H](CC)N(c2cc(C)ccc2C)S(C)(=O)=O)c1. The molecule has 0 unspecified atom stereocenters. The van der Waals surface area contributed by atoms with Gasteiger partial charge in [-0.2, -0.15) is 0 Å². The van der Waals surface area contributed by atoms with Crippen molar-refractivity contribution < 1.29 is 17.9 Å². The topological polar surface area (TPSA) is 75.7 Å². The zero-order chi connectivity index (χ0) is 21.6. The van der Waals surface area contributed by atoms with Gasteiger partial charge in [0.05, 0.1) is 18.6 Å². The molecule has 0 fully saturated rings. The van der Waals surface area contributed by atoms with Crippen LogP contribution in [0.25, 0.3) is 0 Å². The molecule has 0 aliphatic rings. The van der Waals surface area contributed by atoms with Crippen molar-refractivity contribution in [3.8, 4) is 5.75 Å². The quantitative estimate of drug-likeness (QED) is 0.676. The second-order valence-corrected chi connectivity index (χ2v) is 8.93. The summed E-state index contributed by atoms with van der Waals surface area (Å²) >= 11 is 0. The molecule has 158 valence electrons. The molecule has 0 bridgehead atoms. The van der Waals surface area contributed by atoms with Gasteiger partial charge in [0.1, 0.15) is 11.8 Å². The Kier molecular flexibility index (Phi) is 7.67. The number of sulfonamides is 1. The molecule has 0 aliphatic carbocycles. The van der Waals surface area contributed by atoms with Crippen LogP contribution in [-0.2, 0) is 21.4 Å². The molecule has 6 nitrogen and oxygen atoms in total. The highest BCUT2D eigenvalue weighted by Gasteiger charge is 2.32. The minimum Gasteiger partial charge on any atom is -0.494 e. The summed E-state index contributed by atoms with van der Waals surface area (Å²) in [5.41, 5.74) is 3.16. The summed E-state index contributed by atoms with van der Waals surface area (Å²) in [6.07, 6.45) is 1.49. The second kappa shape index (κ2) is 9.78. The number of amides is 1. The van der Waals surface area contributed by atoms with Crippen molar-refractivity contribution in [2.24, 2.45) is 0 Å². The standard InChI is InChI=1S/C22H30N2O4S/c1-6-20(22(25)23-15-18-9-8-10-19(14-18)28-7-2)24(29(5,26)27)21-13-16(3)11-12-17(21)4/h8-14,20H,6-7,15H2,1-5H3,(H,23,25)/t20-/m1/s1. The van der Waals surface area contributed by atoms with E-state index in [1.54, 1.807) is 6.07 Å². The Morgan fingerprint density at radius 2 is 1.86 bits per heavy atom. The fourth-order valence-electron chi connectivity index (χ4n) is 3.21. The van der Waals surface area contributed by atoms with E-state index in [1.807, 2.05) is 64.1 Å². The number of hydrogen-bond donors (Lipinski definition) is 1. The lowest BCUT2D eigenvalue weighted by atomic mass is 10.1. The minimum atomic E-state index is -3.66. The van der Waals surface area contributed by atoms with E-state index in [4.69, 9.17) is 4.74 Å². The van der Waals surface area contributed by atoms with Gasteiger partial charge in [-0.15, -0.1) is 0 Å². The normalized spacial score (nSPS) is 12.3. The zero-order valence-corrected chi connectivity index (χ0v) is 18.5. The lowest BCUT2D eigenvalue weighted by molar-refractivity contribution is -0.122. The molecule has 0 aromatic heterocycles. The van der Waals surface area contributed by atoms with Crippen LogP contribution >= 0.6 is 0 Å². The lowest BCUT2D eigenvalue weighted by Gasteiger charge is -2.31. The number of anilines is 1. The van der Waals surface area contributed by atoms with E-state index in [0.29, 0.717) is 25.3 Å². The van der Waals surface area contributed by atoms with Gasteiger partial charge in [0.2, 0.25) is 15.9 Å². The van der Waals surface area contributed by atoms with Crippen LogP contribution < -0.4 is 14.4 Å². The van der Waals surface area contributed by atoms with Gasteiger partial charge in [-0.3, -0.25) is 9.10 Å². The number of hydrogen-bond acceptors (Lipinski definition) is 4. The molecule has 2 rings (SSSR count). The van der Waals surface area contributed by atoms with Crippen LogP contribution in [0.4, 0.5) is 5.69 Å². The molecule has 0 saturated heterocycles. The highest BCUT2D eigenvalue weighted by atomic mass is 32.2. The highest BCUT2D eigenvalue weighted by molar-refractivity contribution is 7.92. The van der Waals surface area contributed by atoms with E-state index < -0.39 is 16.1 Å². The molecule has 0 radical (unpaired) electrons. The Balaban J connectivity index is 2.27. The molecule has 7 heteroatoms. The first-order valence-electron chi connectivity index (χ1n) is 9.73. The van der Waals surface area contributed by atoms with E-state index in [1.165, 1.54) is 4.31 Å². The van der Waals surface area contributed by atoms with Crippen molar-refractivity contribution in [2.75, 3.05) is 17.2 Å². The van der Waals surface area contributed by atoms with Crippen molar-refractivity contribution in [3.63, 3.8) is 0 Å². The average Bonchev–Trinajstić information content (AvgIpc) is 2.66. The summed E-state index contributed by atoms with van der Waals surface area (Å²) in [5.74, 6) is 0.403. The van der Waals surface area contributed by atoms with Crippen LogP contribution in [0.2, 0.25) is 0 Å². The molecule has 1 atom stereocenters. The molecule has 2 aromatic carbocycles. The number of ether oxygens (including phenoxy) is 1. The first kappa shape index (κ1) is 22.7.